The molecule has 1 amide bonds. The topological polar surface area (TPSA) is 81.2 Å². The number of rotatable bonds is 7. The number of Topliss-reactive ketones (excluding diaryl/α,β-unsaturated/α-hetero) is 1. The van der Waals surface area contributed by atoms with Crippen LogP contribution < -0.4 is 10.1 Å². The van der Waals surface area contributed by atoms with Gasteiger partial charge in [0.15, 0.2) is 5.78 Å². The van der Waals surface area contributed by atoms with Crippen LogP contribution in [0.4, 0.5) is 0 Å². The molecule has 2 heterocycles. The Bertz CT molecular complexity index is 1030. The van der Waals surface area contributed by atoms with Gasteiger partial charge in [0, 0.05) is 11.9 Å². The fourth-order valence-electron chi connectivity index (χ4n) is 2.79. The van der Waals surface area contributed by atoms with Gasteiger partial charge in [0.05, 0.1) is 34.6 Å². The lowest BCUT2D eigenvalue weighted by Gasteiger charge is -2.10. The van der Waals surface area contributed by atoms with Crippen LogP contribution in [0.25, 0.3) is 10.9 Å². The Balaban J connectivity index is 1.80. The fourth-order valence-corrected chi connectivity index (χ4v) is 4.85. The molecule has 2 aromatic heterocycles. The van der Waals surface area contributed by atoms with Gasteiger partial charge in [0.1, 0.15) is 16.6 Å². The number of fused-ring (bicyclic) bond motifs is 1. The zero-order valence-corrected chi connectivity index (χ0v) is 17.7. The van der Waals surface area contributed by atoms with Gasteiger partial charge in [-0.2, -0.15) is 0 Å². The number of nitrogens with one attached hydrogen (secondary N) is 1. The number of likely N-dealkylation sites (N-methyl/N-ethyl adjacent to an activating group) is 1. The molecule has 0 fully saturated rings. The van der Waals surface area contributed by atoms with Crippen molar-refractivity contribution < 1.29 is 14.3 Å². The molecule has 0 aliphatic carbocycles. The van der Waals surface area contributed by atoms with Crippen LogP contribution in [0, 0.1) is 6.92 Å². The van der Waals surface area contributed by atoms with Crippen molar-refractivity contribution in [3.8, 4) is 5.75 Å². The van der Waals surface area contributed by atoms with Crippen LogP contribution in [-0.4, -0.2) is 41.6 Å². The largest absolute Gasteiger partial charge is 0.496 e. The van der Waals surface area contributed by atoms with E-state index >= 15 is 0 Å². The number of aryl methyl sites for hydroxylation is 1. The second-order valence-corrected chi connectivity index (χ2v) is 8.26. The molecule has 1 N–H and O–H groups in total. The van der Waals surface area contributed by atoms with Crippen LogP contribution in [0.3, 0.4) is 0 Å². The first-order valence-corrected chi connectivity index (χ1v) is 10.5. The number of aromatic nitrogens is 2. The number of hydrogen-bond donors (Lipinski definition) is 1. The summed E-state index contributed by atoms with van der Waals surface area (Å²) in [6, 6.07) is 9.28. The first-order valence-electron chi connectivity index (χ1n) is 8.73. The number of methoxy groups -OCH3 is 1. The summed E-state index contributed by atoms with van der Waals surface area (Å²) >= 11 is 2.73. The van der Waals surface area contributed by atoms with Crippen LogP contribution >= 0.6 is 23.1 Å². The highest BCUT2D eigenvalue weighted by molar-refractivity contribution is 8.00. The van der Waals surface area contributed by atoms with Crippen LogP contribution in [0.5, 0.6) is 5.75 Å². The molecule has 28 heavy (non-hydrogen) atoms. The van der Waals surface area contributed by atoms with Crippen LogP contribution in [-0.2, 0) is 4.79 Å². The molecule has 146 valence electrons. The molecule has 0 saturated heterocycles. The summed E-state index contributed by atoms with van der Waals surface area (Å²) in [5, 5.41) is 4.17. The normalized spacial score (nSPS) is 12.0. The Morgan fingerprint density at radius 2 is 2.04 bits per heavy atom. The second kappa shape index (κ2) is 8.70. The number of ketones is 1. The lowest BCUT2D eigenvalue weighted by atomic mass is 10.1. The summed E-state index contributed by atoms with van der Waals surface area (Å²) < 4.78 is 5.45. The summed E-state index contributed by atoms with van der Waals surface area (Å²) in [5.41, 5.74) is 0.791. The van der Waals surface area contributed by atoms with Crippen molar-refractivity contribution in [2.75, 3.05) is 19.9 Å². The Labute approximate surface area is 171 Å². The zero-order chi connectivity index (χ0) is 20.3. The van der Waals surface area contributed by atoms with Crippen molar-refractivity contribution in [2.45, 2.75) is 24.8 Å². The molecule has 0 aliphatic heterocycles. The van der Waals surface area contributed by atoms with Gasteiger partial charge in [-0.05, 0) is 38.1 Å². The van der Waals surface area contributed by atoms with Gasteiger partial charge < -0.3 is 10.1 Å². The van der Waals surface area contributed by atoms with Crippen LogP contribution in [0.1, 0.15) is 33.2 Å². The molecule has 0 radical (unpaired) electrons. The minimum absolute atomic E-state index is 0.00432. The van der Waals surface area contributed by atoms with E-state index in [0.717, 1.165) is 20.8 Å². The Morgan fingerprint density at radius 1 is 1.25 bits per heavy atom. The van der Waals surface area contributed by atoms with Gasteiger partial charge in [0.25, 0.3) is 0 Å². The fraction of sp³-hybridized carbons (Fsp3) is 0.300. The van der Waals surface area contributed by atoms with E-state index in [9.17, 15) is 9.59 Å². The maximum absolute atomic E-state index is 12.7. The highest BCUT2D eigenvalue weighted by atomic mass is 32.2. The molecule has 1 atom stereocenters. The highest BCUT2D eigenvalue weighted by Crippen LogP contribution is 2.33. The quantitative estimate of drug-likeness (QED) is 0.359. The molecule has 3 rings (SSSR count). The maximum Gasteiger partial charge on any atom is 0.227 e. The Hall–Kier alpha value is -2.45. The van der Waals surface area contributed by atoms with Gasteiger partial charge in [-0.15, -0.1) is 11.3 Å². The number of benzene rings is 1. The summed E-state index contributed by atoms with van der Waals surface area (Å²) in [4.78, 5) is 35.0. The number of nitrogens with zero attached hydrogens (tertiary/aromatic N) is 2. The number of thiophene rings is 1. The number of thioether (sulfide) groups is 1. The Morgan fingerprint density at radius 3 is 2.75 bits per heavy atom. The predicted molar refractivity (Wildman–Crippen MR) is 113 cm³/mol. The van der Waals surface area contributed by atoms with Gasteiger partial charge >= 0.3 is 0 Å². The number of hydrogen-bond acceptors (Lipinski definition) is 7. The van der Waals surface area contributed by atoms with E-state index in [2.05, 4.69) is 15.3 Å². The number of ether oxygens (including phenoxy) is 1. The third-order valence-electron chi connectivity index (χ3n) is 4.29. The van der Waals surface area contributed by atoms with E-state index in [1.54, 1.807) is 20.2 Å². The second-order valence-electron chi connectivity index (χ2n) is 6.18. The predicted octanol–water partition coefficient (Wildman–Crippen LogP) is 3.83. The monoisotopic (exact) mass is 415 g/mol. The summed E-state index contributed by atoms with van der Waals surface area (Å²) in [5.74, 6) is 1.24. The van der Waals surface area contributed by atoms with Crippen molar-refractivity contribution in [1.82, 2.24) is 15.3 Å². The van der Waals surface area contributed by atoms with Gasteiger partial charge in [-0.1, -0.05) is 17.8 Å². The molecule has 1 unspecified atom stereocenters. The molecule has 1 aromatic carbocycles. The number of carbonyl (C=O) groups is 2. The van der Waals surface area contributed by atoms with Crippen molar-refractivity contribution in [2.24, 2.45) is 0 Å². The van der Waals surface area contributed by atoms with Crippen molar-refractivity contribution in [1.29, 1.82) is 0 Å². The van der Waals surface area contributed by atoms with E-state index in [1.165, 1.54) is 23.1 Å². The van der Waals surface area contributed by atoms with E-state index < -0.39 is 0 Å². The van der Waals surface area contributed by atoms with Gasteiger partial charge in [-0.25, -0.2) is 9.97 Å². The number of carbonyl (C=O) groups excluding carboxylic acids is 2. The summed E-state index contributed by atoms with van der Waals surface area (Å²) in [6.07, 6.45) is 0. The molecule has 0 saturated carbocycles. The first kappa shape index (κ1) is 20.3. The van der Waals surface area contributed by atoms with E-state index in [-0.39, 0.29) is 23.4 Å². The molecule has 8 heteroatoms. The molecular formula is C20H21N3O3S2. The average molecular weight is 416 g/mol. The lowest BCUT2D eigenvalue weighted by Crippen LogP contribution is -2.23. The standard InChI is InChI=1S/C20H21N3O3S2/c1-11(19(25)21-3)16-8-9-17(28-16)14(24)10-27-20-18-13(22-12(2)23-20)6-5-7-15(18)26-4/h5-9,11H,10H2,1-4H3,(H,21,25). The zero-order valence-electron chi connectivity index (χ0n) is 16.1. The minimum atomic E-state index is -0.276. The third kappa shape index (κ3) is 4.18. The molecule has 6 nitrogen and oxygen atoms in total. The van der Waals surface area contributed by atoms with Crippen LogP contribution in [0.2, 0.25) is 0 Å². The minimum Gasteiger partial charge on any atom is -0.496 e. The van der Waals surface area contributed by atoms with Crippen molar-refractivity contribution >= 4 is 45.7 Å². The van der Waals surface area contributed by atoms with Gasteiger partial charge in [0.2, 0.25) is 5.91 Å². The molecule has 0 spiro atoms. The molecule has 3 aromatic rings. The van der Waals surface area contributed by atoms with Crippen molar-refractivity contribution in [3.05, 3.63) is 45.9 Å². The Kier molecular flexibility index (Phi) is 6.31. The van der Waals surface area contributed by atoms with E-state index in [0.29, 0.717) is 16.5 Å². The van der Waals surface area contributed by atoms with Crippen LogP contribution in [0.15, 0.2) is 35.4 Å². The SMILES string of the molecule is CNC(=O)C(C)c1ccc(C(=O)CSc2nc(C)nc3cccc(OC)c23)s1. The molecule has 0 bridgehead atoms. The maximum atomic E-state index is 12.7. The number of amides is 1. The third-order valence-corrected chi connectivity index (χ3v) is 6.58. The van der Waals surface area contributed by atoms with E-state index in [4.69, 9.17) is 4.74 Å². The highest BCUT2D eigenvalue weighted by Gasteiger charge is 2.19. The first-order chi connectivity index (χ1) is 13.4. The summed E-state index contributed by atoms with van der Waals surface area (Å²) in [6.45, 7) is 3.66. The lowest BCUT2D eigenvalue weighted by molar-refractivity contribution is -0.121. The molecular weight excluding hydrogens is 394 g/mol. The smallest absolute Gasteiger partial charge is 0.227 e. The summed E-state index contributed by atoms with van der Waals surface area (Å²) in [7, 11) is 3.21. The van der Waals surface area contributed by atoms with E-state index in [1.807, 2.05) is 38.1 Å². The van der Waals surface area contributed by atoms with Gasteiger partial charge in [-0.3, -0.25) is 9.59 Å². The molecule has 0 aliphatic rings. The van der Waals surface area contributed by atoms with Crippen molar-refractivity contribution in [3.63, 3.8) is 0 Å². The average Bonchev–Trinajstić information content (AvgIpc) is 3.20.